The zero-order valence-corrected chi connectivity index (χ0v) is 19.1. The Bertz CT molecular complexity index is 1010. The van der Waals surface area contributed by atoms with Crippen molar-refractivity contribution in [1.29, 1.82) is 0 Å². The Morgan fingerprint density at radius 2 is 1.83 bits per heavy atom. The number of ether oxygens (including phenoxy) is 1. The van der Waals surface area contributed by atoms with Crippen molar-refractivity contribution in [1.82, 2.24) is 4.31 Å². The summed E-state index contributed by atoms with van der Waals surface area (Å²) >= 11 is 1.10. The van der Waals surface area contributed by atoms with Crippen molar-refractivity contribution in [2.75, 3.05) is 11.5 Å². The maximum atomic E-state index is 13.4. The minimum atomic E-state index is -3.95. The van der Waals surface area contributed by atoms with Gasteiger partial charge in [-0.3, -0.25) is 9.59 Å². The van der Waals surface area contributed by atoms with Crippen LogP contribution in [0.3, 0.4) is 0 Å². The third-order valence-electron chi connectivity index (χ3n) is 5.28. The first-order valence-electron chi connectivity index (χ1n) is 9.81. The van der Waals surface area contributed by atoms with E-state index in [9.17, 15) is 18.0 Å². The smallest absolute Gasteiger partial charge is 0.253 e. The average Bonchev–Trinajstić information content (AvgIpc) is 3.32. The molecule has 2 aromatic rings. The number of carbonyl (C=O) groups is 2. The summed E-state index contributed by atoms with van der Waals surface area (Å²) < 4.78 is 33.7. The van der Waals surface area contributed by atoms with Crippen LogP contribution in [0.4, 0.5) is 5.69 Å². The van der Waals surface area contributed by atoms with Crippen LogP contribution < -0.4 is 9.64 Å². The molecule has 9 heteroatoms. The highest BCUT2D eigenvalue weighted by atomic mass is 32.2. The fraction of sp³-hybridized carbons (Fsp3) is 0.429. The van der Waals surface area contributed by atoms with Crippen molar-refractivity contribution >= 4 is 38.9 Å². The summed E-state index contributed by atoms with van der Waals surface area (Å²) in [7, 11) is -3.95. The van der Waals surface area contributed by atoms with Crippen molar-refractivity contribution < 1.29 is 22.7 Å². The summed E-state index contributed by atoms with van der Waals surface area (Å²) in [4.78, 5) is 27.2. The highest BCUT2D eigenvalue weighted by Gasteiger charge is 2.51. The molecule has 1 aliphatic rings. The molecule has 1 aliphatic heterocycles. The molecule has 0 N–H and O–H groups in total. The van der Waals surface area contributed by atoms with Gasteiger partial charge in [0.05, 0.1) is 18.7 Å². The van der Waals surface area contributed by atoms with Crippen molar-refractivity contribution in [3.8, 4) is 5.75 Å². The number of hydrogen-bond acceptors (Lipinski definition) is 6. The Hall–Kier alpha value is -2.23. The number of nitrogens with zero attached hydrogens (tertiary/aromatic N) is 2. The Kier molecular flexibility index (Phi) is 6.35. The van der Waals surface area contributed by atoms with Crippen LogP contribution in [0.5, 0.6) is 5.75 Å². The van der Waals surface area contributed by atoms with E-state index < -0.39 is 33.4 Å². The maximum absolute atomic E-state index is 13.4. The van der Waals surface area contributed by atoms with Crippen molar-refractivity contribution in [2.45, 2.75) is 56.3 Å². The standard InChI is InChI=1S/C21H26N2O5S2/c1-5-21(3,4)23(30(26,27)19-8-7-13-29-19)17-14-18(24)22(20(17)25)15-9-11-16(12-10-15)28-6-2/h7-13,17H,5-6,14H2,1-4H3. The van der Waals surface area contributed by atoms with Gasteiger partial charge in [-0.15, -0.1) is 11.3 Å². The number of rotatable bonds is 8. The number of sulfonamides is 1. The summed E-state index contributed by atoms with van der Waals surface area (Å²) in [5.41, 5.74) is -0.447. The molecule has 1 unspecified atom stereocenters. The van der Waals surface area contributed by atoms with Gasteiger partial charge < -0.3 is 4.74 Å². The molecule has 1 saturated heterocycles. The Labute approximate surface area is 181 Å². The Morgan fingerprint density at radius 3 is 2.37 bits per heavy atom. The summed E-state index contributed by atoms with van der Waals surface area (Å²) in [5.74, 6) is -0.329. The number of hydrogen-bond donors (Lipinski definition) is 0. The molecule has 2 heterocycles. The van der Waals surface area contributed by atoms with Gasteiger partial charge in [0.25, 0.3) is 15.9 Å². The van der Waals surface area contributed by atoms with E-state index >= 15 is 0 Å². The number of thiophene rings is 1. The average molecular weight is 451 g/mol. The Balaban J connectivity index is 2.00. The molecule has 0 aliphatic carbocycles. The van der Waals surface area contributed by atoms with Crippen molar-refractivity contribution in [3.63, 3.8) is 0 Å². The van der Waals surface area contributed by atoms with Gasteiger partial charge in [0, 0.05) is 5.54 Å². The van der Waals surface area contributed by atoms with E-state index in [0.717, 1.165) is 16.2 Å². The van der Waals surface area contributed by atoms with E-state index in [1.165, 1.54) is 10.4 Å². The van der Waals surface area contributed by atoms with E-state index in [-0.39, 0.29) is 10.6 Å². The van der Waals surface area contributed by atoms with Crippen LogP contribution >= 0.6 is 11.3 Å². The lowest BCUT2D eigenvalue weighted by Crippen LogP contribution is -2.55. The second-order valence-corrected chi connectivity index (χ2v) is 10.6. The summed E-state index contributed by atoms with van der Waals surface area (Å²) in [6.45, 7) is 7.78. The van der Waals surface area contributed by atoms with Crippen LogP contribution in [-0.4, -0.2) is 42.7 Å². The fourth-order valence-electron chi connectivity index (χ4n) is 3.51. The number of imide groups is 1. The summed E-state index contributed by atoms with van der Waals surface area (Å²) in [6, 6.07) is 8.71. The number of carbonyl (C=O) groups excluding carboxylic acids is 2. The predicted molar refractivity (Wildman–Crippen MR) is 116 cm³/mol. The molecule has 2 amide bonds. The molecule has 1 fully saturated rings. The van der Waals surface area contributed by atoms with Crippen molar-refractivity contribution in [2.24, 2.45) is 0 Å². The first-order valence-corrected chi connectivity index (χ1v) is 12.1. The molecule has 0 spiro atoms. The normalized spacial score (nSPS) is 17.8. The molecule has 0 radical (unpaired) electrons. The molecular formula is C21H26N2O5S2. The lowest BCUT2D eigenvalue weighted by atomic mass is 10.00. The van der Waals surface area contributed by atoms with Gasteiger partial charge in [-0.2, -0.15) is 4.31 Å². The third-order valence-corrected chi connectivity index (χ3v) is 8.78. The van der Waals surface area contributed by atoms with Crippen LogP contribution in [0.1, 0.15) is 40.5 Å². The van der Waals surface area contributed by atoms with Gasteiger partial charge in [-0.1, -0.05) is 13.0 Å². The molecular weight excluding hydrogens is 424 g/mol. The minimum Gasteiger partial charge on any atom is -0.494 e. The topological polar surface area (TPSA) is 84.0 Å². The lowest BCUT2D eigenvalue weighted by Gasteiger charge is -2.39. The molecule has 1 aromatic heterocycles. The second-order valence-electron chi connectivity index (χ2n) is 7.61. The van der Waals surface area contributed by atoms with Crippen LogP contribution in [-0.2, 0) is 19.6 Å². The maximum Gasteiger partial charge on any atom is 0.253 e. The minimum absolute atomic E-state index is 0.156. The van der Waals surface area contributed by atoms with E-state index in [2.05, 4.69) is 0 Å². The molecule has 3 rings (SSSR count). The molecule has 1 aromatic carbocycles. The largest absolute Gasteiger partial charge is 0.494 e. The SMILES string of the molecule is CCOc1ccc(N2C(=O)CC(N(C(C)(C)CC)S(=O)(=O)c3cccs3)C2=O)cc1. The highest BCUT2D eigenvalue weighted by Crippen LogP contribution is 2.37. The van der Waals surface area contributed by atoms with E-state index in [1.54, 1.807) is 49.6 Å². The first-order chi connectivity index (χ1) is 14.1. The Morgan fingerprint density at radius 1 is 1.17 bits per heavy atom. The third kappa shape index (κ3) is 4.01. The predicted octanol–water partition coefficient (Wildman–Crippen LogP) is 3.66. The van der Waals surface area contributed by atoms with E-state index in [4.69, 9.17) is 4.74 Å². The molecule has 0 bridgehead atoms. The molecule has 162 valence electrons. The summed E-state index contributed by atoms with van der Waals surface area (Å²) in [6.07, 6.45) is 0.290. The molecule has 30 heavy (non-hydrogen) atoms. The van der Waals surface area contributed by atoms with Crippen LogP contribution in [0.2, 0.25) is 0 Å². The zero-order valence-electron chi connectivity index (χ0n) is 17.5. The van der Waals surface area contributed by atoms with Crippen molar-refractivity contribution in [3.05, 3.63) is 41.8 Å². The number of benzene rings is 1. The quantitative estimate of drug-likeness (QED) is 0.573. The van der Waals surface area contributed by atoms with Gasteiger partial charge in [0.15, 0.2) is 0 Å². The number of amides is 2. The second kappa shape index (κ2) is 8.49. The summed E-state index contributed by atoms with van der Waals surface area (Å²) in [5, 5.41) is 1.68. The molecule has 0 saturated carbocycles. The van der Waals surface area contributed by atoms with Crippen LogP contribution in [0.15, 0.2) is 46.0 Å². The van der Waals surface area contributed by atoms with Crippen LogP contribution in [0, 0.1) is 0 Å². The van der Waals surface area contributed by atoms with Gasteiger partial charge >= 0.3 is 0 Å². The van der Waals surface area contributed by atoms with Crippen LogP contribution in [0.25, 0.3) is 0 Å². The monoisotopic (exact) mass is 450 g/mol. The van der Waals surface area contributed by atoms with Gasteiger partial charge in [-0.05, 0) is 62.9 Å². The van der Waals surface area contributed by atoms with E-state index in [1.807, 2.05) is 13.8 Å². The number of anilines is 1. The highest BCUT2D eigenvalue weighted by molar-refractivity contribution is 7.91. The van der Waals surface area contributed by atoms with E-state index in [0.29, 0.717) is 24.5 Å². The fourth-order valence-corrected chi connectivity index (χ4v) is 6.57. The first kappa shape index (κ1) is 22.5. The molecule has 7 nitrogen and oxygen atoms in total. The lowest BCUT2D eigenvalue weighted by molar-refractivity contribution is -0.122. The van der Waals surface area contributed by atoms with Gasteiger partial charge in [-0.25, -0.2) is 13.3 Å². The molecule has 1 atom stereocenters. The zero-order chi connectivity index (χ0) is 22.1. The van der Waals surface area contributed by atoms with Gasteiger partial charge in [0.1, 0.15) is 16.0 Å². The van der Waals surface area contributed by atoms with Gasteiger partial charge in [0.2, 0.25) is 5.91 Å².